The lowest BCUT2D eigenvalue weighted by molar-refractivity contribution is 0.0985. The molecular formula is C22H27N3O3S. The Bertz CT molecular complexity index is 1000. The first-order valence-corrected chi connectivity index (χ1v) is 10.3. The molecule has 0 aliphatic rings. The number of nitrogens with zero attached hydrogens (tertiary/aromatic N) is 3. The van der Waals surface area contributed by atoms with Gasteiger partial charge in [-0.05, 0) is 69.9 Å². The largest absolute Gasteiger partial charge is 0.493 e. The summed E-state index contributed by atoms with van der Waals surface area (Å²) >= 11 is 1.54. The fourth-order valence-corrected chi connectivity index (χ4v) is 4.18. The molecule has 1 amide bonds. The maximum absolute atomic E-state index is 13.4. The number of anilines is 1. The number of carbonyl (C=O) groups is 1. The van der Waals surface area contributed by atoms with E-state index in [9.17, 15) is 4.79 Å². The first kappa shape index (κ1) is 21.1. The zero-order valence-electron chi connectivity index (χ0n) is 17.6. The van der Waals surface area contributed by atoms with Crippen molar-refractivity contribution in [2.75, 3.05) is 46.3 Å². The molecule has 2 aromatic carbocycles. The van der Waals surface area contributed by atoms with Crippen molar-refractivity contribution in [1.29, 1.82) is 0 Å². The van der Waals surface area contributed by atoms with Crippen molar-refractivity contribution in [3.8, 4) is 11.5 Å². The van der Waals surface area contributed by atoms with Crippen molar-refractivity contribution in [3.63, 3.8) is 0 Å². The Balaban J connectivity index is 1.96. The van der Waals surface area contributed by atoms with Gasteiger partial charge in [0.15, 0.2) is 16.6 Å². The Hall–Kier alpha value is -2.64. The number of aryl methyl sites for hydroxylation is 1. The van der Waals surface area contributed by atoms with Gasteiger partial charge in [-0.15, -0.1) is 0 Å². The van der Waals surface area contributed by atoms with Crippen molar-refractivity contribution in [2.45, 2.75) is 13.3 Å². The van der Waals surface area contributed by atoms with E-state index in [4.69, 9.17) is 14.5 Å². The molecule has 0 saturated carbocycles. The molecule has 154 valence electrons. The molecule has 0 aliphatic carbocycles. The molecule has 3 aromatic rings. The number of benzene rings is 2. The second-order valence-corrected chi connectivity index (χ2v) is 8.16. The van der Waals surface area contributed by atoms with Gasteiger partial charge in [0, 0.05) is 12.1 Å². The second kappa shape index (κ2) is 9.24. The van der Waals surface area contributed by atoms with Gasteiger partial charge in [-0.25, -0.2) is 4.98 Å². The minimum absolute atomic E-state index is 0.0968. The number of hydrogen-bond acceptors (Lipinski definition) is 6. The van der Waals surface area contributed by atoms with Gasteiger partial charge in [-0.3, -0.25) is 9.69 Å². The van der Waals surface area contributed by atoms with Crippen LogP contribution in [0.15, 0.2) is 36.4 Å². The fraction of sp³-hybridized carbons (Fsp3) is 0.364. The number of rotatable bonds is 8. The summed E-state index contributed by atoms with van der Waals surface area (Å²) in [5.74, 6) is 1.03. The zero-order valence-corrected chi connectivity index (χ0v) is 18.4. The molecule has 6 nitrogen and oxygen atoms in total. The molecule has 0 saturated heterocycles. The van der Waals surface area contributed by atoms with E-state index in [2.05, 4.69) is 17.9 Å². The summed E-state index contributed by atoms with van der Waals surface area (Å²) in [4.78, 5) is 22.0. The maximum Gasteiger partial charge on any atom is 0.260 e. The number of methoxy groups -OCH3 is 2. The average molecular weight is 414 g/mol. The topological polar surface area (TPSA) is 54.9 Å². The predicted octanol–water partition coefficient (Wildman–Crippen LogP) is 4.22. The average Bonchev–Trinajstić information content (AvgIpc) is 3.12. The zero-order chi connectivity index (χ0) is 21.0. The van der Waals surface area contributed by atoms with Crippen molar-refractivity contribution in [1.82, 2.24) is 9.88 Å². The van der Waals surface area contributed by atoms with Crippen LogP contribution in [0.25, 0.3) is 10.2 Å². The molecule has 3 rings (SSSR count). The van der Waals surface area contributed by atoms with Crippen LogP contribution >= 0.6 is 11.3 Å². The molecule has 0 radical (unpaired) electrons. The highest BCUT2D eigenvalue weighted by molar-refractivity contribution is 7.22. The number of amides is 1. The molecule has 0 unspecified atom stereocenters. The fourth-order valence-electron chi connectivity index (χ4n) is 3.09. The molecule has 29 heavy (non-hydrogen) atoms. The van der Waals surface area contributed by atoms with E-state index in [1.54, 1.807) is 48.7 Å². The van der Waals surface area contributed by atoms with E-state index in [1.807, 2.05) is 26.2 Å². The third-order valence-electron chi connectivity index (χ3n) is 4.63. The van der Waals surface area contributed by atoms with Crippen molar-refractivity contribution < 1.29 is 14.3 Å². The van der Waals surface area contributed by atoms with Crippen LogP contribution in [-0.4, -0.2) is 57.2 Å². The van der Waals surface area contributed by atoms with Gasteiger partial charge in [0.2, 0.25) is 0 Å². The van der Waals surface area contributed by atoms with Crippen LogP contribution in [0.3, 0.4) is 0 Å². The minimum atomic E-state index is -0.0968. The summed E-state index contributed by atoms with van der Waals surface area (Å²) in [6.07, 6.45) is 0.848. The molecule has 0 atom stereocenters. The van der Waals surface area contributed by atoms with E-state index in [-0.39, 0.29) is 5.91 Å². The molecule has 1 aromatic heterocycles. The summed E-state index contributed by atoms with van der Waals surface area (Å²) in [5, 5.41) is 0.712. The van der Waals surface area contributed by atoms with Gasteiger partial charge in [-0.1, -0.05) is 17.4 Å². The summed E-state index contributed by atoms with van der Waals surface area (Å²) < 4.78 is 11.7. The normalized spacial score (nSPS) is 11.1. The number of hydrogen-bond donors (Lipinski definition) is 0. The molecule has 7 heteroatoms. The van der Waals surface area contributed by atoms with E-state index < -0.39 is 0 Å². The van der Waals surface area contributed by atoms with Crippen LogP contribution in [-0.2, 0) is 0 Å². The highest BCUT2D eigenvalue weighted by Gasteiger charge is 2.22. The van der Waals surface area contributed by atoms with Gasteiger partial charge in [-0.2, -0.15) is 0 Å². The van der Waals surface area contributed by atoms with Gasteiger partial charge in [0.25, 0.3) is 5.91 Å². The Labute approximate surface area is 175 Å². The summed E-state index contributed by atoms with van der Waals surface area (Å²) in [7, 11) is 7.20. The lowest BCUT2D eigenvalue weighted by atomic mass is 10.1. The highest BCUT2D eigenvalue weighted by atomic mass is 32.1. The highest BCUT2D eigenvalue weighted by Crippen LogP contribution is 2.32. The Morgan fingerprint density at radius 1 is 1.03 bits per heavy atom. The molecular weight excluding hydrogens is 386 g/mol. The molecule has 0 spiro atoms. The molecule has 0 aliphatic heterocycles. The SMILES string of the molecule is COc1ccc(C(=O)N(CCCN(C)C)c2nc3ccc(C)cc3s2)cc1OC. The lowest BCUT2D eigenvalue weighted by Crippen LogP contribution is -2.33. The Morgan fingerprint density at radius 2 is 1.79 bits per heavy atom. The molecule has 0 fully saturated rings. The summed E-state index contributed by atoms with van der Waals surface area (Å²) in [6.45, 7) is 3.53. The molecule has 0 bridgehead atoms. The first-order valence-electron chi connectivity index (χ1n) is 9.48. The van der Waals surface area contributed by atoms with Gasteiger partial charge >= 0.3 is 0 Å². The van der Waals surface area contributed by atoms with Gasteiger partial charge in [0.1, 0.15) is 0 Å². The standard InChI is InChI=1S/C22H27N3O3S/c1-15-7-9-17-20(13-15)29-22(23-17)25(12-6-11-24(2)3)21(26)16-8-10-18(27-4)19(14-16)28-5/h7-10,13-14H,6,11-12H2,1-5H3. The van der Waals surface area contributed by atoms with Crippen molar-refractivity contribution in [2.24, 2.45) is 0 Å². The maximum atomic E-state index is 13.4. The van der Waals surface area contributed by atoms with Crippen LogP contribution in [0.5, 0.6) is 11.5 Å². The smallest absolute Gasteiger partial charge is 0.260 e. The number of thiazole rings is 1. The second-order valence-electron chi connectivity index (χ2n) is 7.15. The van der Waals surface area contributed by atoms with Crippen molar-refractivity contribution >= 4 is 32.6 Å². The van der Waals surface area contributed by atoms with Crippen LogP contribution in [0, 0.1) is 6.92 Å². The van der Waals surface area contributed by atoms with Crippen LogP contribution in [0.1, 0.15) is 22.3 Å². The number of fused-ring (bicyclic) bond motifs is 1. The quantitative estimate of drug-likeness (QED) is 0.553. The minimum Gasteiger partial charge on any atom is -0.493 e. The summed E-state index contributed by atoms with van der Waals surface area (Å²) in [6, 6.07) is 11.4. The van der Waals surface area contributed by atoms with E-state index in [1.165, 1.54) is 5.56 Å². The van der Waals surface area contributed by atoms with Gasteiger partial charge in [0.05, 0.1) is 24.4 Å². The molecule has 0 N–H and O–H groups in total. The van der Waals surface area contributed by atoms with Crippen molar-refractivity contribution in [3.05, 3.63) is 47.5 Å². The van der Waals surface area contributed by atoms with E-state index in [0.717, 1.165) is 23.2 Å². The lowest BCUT2D eigenvalue weighted by Gasteiger charge is -2.21. The third-order valence-corrected chi connectivity index (χ3v) is 5.67. The Kier molecular flexibility index (Phi) is 6.71. The van der Waals surface area contributed by atoms with E-state index >= 15 is 0 Å². The summed E-state index contributed by atoms with van der Waals surface area (Å²) in [5.41, 5.74) is 2.63. The Morgan fingerprint density at radius 3 is 2.48 bits per heavy atom. The first-order chi connectivity index (χ1) is 13.9. The number of ether oxygens (including phenoxy) is 2. The van der Waals surface area contributed by atoms with Crippen LogP contribution < -0.4 is 14.4 Å². The number of aromatic nitrogens is 1. The van der Waals surface area contributed by atoms with E-state index in [0.29, 0.717) is 28.7 Å². The van der Waals surface area contributed by atoms with Crippen LogP contribution in [0.4, 0.5) is 5.13 Å². The monoisotopic (exact) mass is 413 g/mol. The number of carbonyl (C=O) groups excluding carboxylic acids is 1. The predicted molar refractivity (Wildman–Crippen MR) is 119 cm³/mol. The molecule has 1 heterocycles. The van der Waals surface area contributed by atoms with Gasteiger partial charge < -0.3 is 14.4 Å². The van der Waals surface area contributed by atoms with Crippen LogP contribution in [0.2, 0.25) is 0 Å². The third kappa shape index (κ3) is 4.86.